The maximum absolute atomic E-state index is 9.97. The number of benzene rings is 3. The first-order valence-electron chi connectivity index (χ1n) is 13.8. The fourth-order valence-corrected chi connectivity index (χ4v) is 2.60. The molecule has 0 saturated carbocycles. The van der Waals surface area contributed by atoms with E-state index >= 15 is 0 Å². The maximum atomic E-state index is 9.97. The van der Waals surface area contributed by atoms with Crippen molar-refractivity contribution in [1.82, 2.24) is 15.0 Å². The Balaban J connectivity index is 0. The Labute approximate surface area is 247 Å². The highest BCUT2D eigenvalue weighted by Crippen LogP contribution is 2.30. The summed E-state index contributed by atoms with van der Waals surface area (Å²) in [6, 6.07) is 24.5. The Hall–Kier alpha value is -4.53. The van der Waals surface area contributed by atoms with Gasteiger partial charge in [-0.15, -0.1) is 0 Å². The summed E-state index contributed by atoms with van der Waals surface area (Å²) < 4.78 is 0. The van der Waals surface area contributed by atoms with Crippen molar-refractivity contribution in [1.29, 1.82) is 0 Å². The van der Waals surface area contributed by atoms with Crippen molar-refractivity contribution in [2.45, 2.75) is 41.5 Å². The third-order valence-electron chi connectivity index (χ3n) is 4.46. The SMILES string of the molecule is CC.CC.CC.CN(C)c1nc(N(C)C)nc(N(C)c2ccccc2O)n1.Oc1ccccc1.Oc1ccccc1. The zero-order valence-electron chi connectivity index (χ0n) is 26.6. The molecule has 1 heterocycles. The van der Waals surface area contributed by atoms with Gasteiger partial charge in [-0.05, 0) is 36.4 Å². The summed E-state index contributed by atoms with van der Waals surface area (Å²) in [5.41, 5.74) is 0.637. The predicted molar refractivity (Wildman–Crippen MR) is 175 cm³/mol. The Morgan fingerprint density at radius 3 is 1.05 bits per heavy atom. The van der Waals surface area contributed by atoms with Crippen LogP contribution in [0.2, 0.25) is 0 Å². The average Bonchev–Trinajstić information content (AvgIpc) is 3.01. The third kappa shape index (κ3) is 15.6. The topological polar surface area (TPSA) is 109 Å². The Kier molecular flexibility index (Phi) is 22.0. The van der Waals surface area contributed by atoms with Crippen molar-refractivity contribution in [3.05, 3.63) is 84.9 Å². The Morgan fingerprint density at radius 2 is 0.756 bits per heavy atom. The summed E-state index contributed by atoms with van der Waals surface area (Å²) in [4.78, 5) is 18.6. The van der Waals surface area contributed by atoms with Gasteiger partial charge in [-0.1, -0.05) is 90.1 Å². The van der Waals surface area contributed by atoms with Crippen LogP contribution in [0.25, 0.3) is 0 Å². The predicted octanol–water partition coefficient (Wildman–Crippen LogP) is 7.34. The van der Waals surface area contributed by atoms with Gasteiger partial charge in [0.05, 0.1) is 5.69 Å². The molecular weight excluding hydrogens is 516 g/mol. The fourth-order valence-electron chi connectivity index (χ4n) is 2.60. The quantitative estimate of drug-likeness (QED) is 0.234. The first kappa shape index (κ1) is 38.6. The van der Waals surface area contributed by atoms with Gasteiger partial charge in [0, 0.05) is 35.2 Å². The van der Waals surface area contributed by atoms with E-state index in [1.165, 1.54) is 0 Å². The Morgan fingerprint density at radius 1 is 0.439 bits per heavy atom. The number of hydrogen-bond acceptors (Lipinski definition) is 9. The largest absolute Gasteiger partial charge is 0.508 e. The van der Waals surface area contributed by atoms with E-state index in [1.54, 1.807) is 65.6 Å². The molecule has 41 heavy (non-hydrogen) atoms. The van der Waals surface area contributed by atoms with E-state index in [2.05, 4.69) is 15.0 Å². The average molecular weight is 567 g/mol. The molecule has 3 N–H and O–H groups in total. The van der Waals surface area contributed by atoms with Crippen LogP contribution >= 0.6 is 0 Å². The molecule has 0 spiro atoms. The molecule has 0 aliphatic heterocycles. The molecule has 226 valence electrons. The number of phenols is 3. The molecule has 0 bridgehead atoms. The lowest BCUT2D eigenvalue weighted by Crippen LogP contribution is -2.22. The minimum atomic E-state index is 0.179. The number of rotatable bonds is 4. The molecule has 3 aromatic carbocycles. The van der Waals surface area contributed by atoms with Gasteiger partial charge in [0.2, 0.25) is 17.8 Å². The second-order valence-corrected chi connectivity index (χ2v) is 7.74. The lowest BCUT2D eigenvalue weighted by atomic mass is 10.3. The molecule has 0 aliphatic rings. The van der Waals surface area contributed by atoms with Crippen LogP contribution in [-0.2, 0) is 0 Å². The van der Waals surface area contributed by atoms with E-state index in [0.29, 0.717) is 35.0 Å². The number of aromatic nitrogens is 3. The van der Waals surface area contributed by atoms with Gasteiger partial charge in [0.25, 0.3) is 0 Å². The highest BCUT2D eigenvalue weighted by molar-refractivity contribution is 5.65. The molecule has 0 saturated heterocycles. The van der Waals surface area contributed by atoms with Crippen molar-refractivity contribution in [3.63, 3.8) is 0 Å². The van der Waals surface area contributed by atoms with Crippen LogP contribution in [0.15, 0.2) is 84.9 Å². The molecular formula is C32H50N6O3. The normalized spacial score (nSPS) is 8.66. The van der Waals surface area contributed by atoms with Crippen molar-refractivity contribution >= 4 is 23.5 Å². The van der Waals surface area contributed by atoms with Crippen molar-refractivity contribution < 1.29 is 15.3 Å². The first-order chi connectivity index (χ1) is 19.7. The van der Waals surface area contributed by atoms with Gasteiger partial charge in [-0.2, -0.15) is 15.0 Å². The highest BCUT2D eigenvalue weighted by atomic mass is 16.3. The number of para-hydroxylation sites is 4. The summed E-state index contributed by atoms with van der Waals surface area (Å²) in [5, 5.41) is 27.2. The molecule has 0 radical (unpaired) electrons. The zero-order valence-corrected chi connectivity index (χ0v) is 26.6. The summed E-state index contributed by atoms with van der Waals surface area (Å²) in [5.74, 6) is 2.42. The lowest BCUT2D eigenvalue weighted by Gasteiger charge is -2.22. The van der Waals surface area contributed by atoms with Gasteiger partial charge >= 0.3 is 0 Å². The van der Waals surface area contributed by atoms with Crippen LogP contribution in [0.1, 0.15) is 41.5 Å². The van der Waals surface area contributed by atoms with E-state index in [1.807, 2.05) is 111 Å². The van der Waals surface area contributed by atoms with Gasteiger partial charge in [0.1, 0.15) is 17.2 Å². The number of anilines is 4. The number of nitrogens with zero attached hydrogens (tertiary/aromatic N) is 6. The van der Waals surface area contributed by atoms with Gasteiger partial charge in [0.15, 0.2) is 0 Å². The molecule has 0 fully saturated rings. The van der Waals surface area contributed by atoms with Gasteiger partial charge in [-0.25, -0.2) is 0 Å². The van der Waals surface area contributed by atoms with Crippen LogP contribution in [0, 0.1) is 0 Å². The molecule has 1 aromatic heterocycles. The zero-order chi connectivity index (χ0) is 31.8. The molecule has 9 heteroatoms. The standard InChI is InChI=1S/C14H20N6O.2C6H6O.3C2H6/c1-18(2)12-15-13(19(3)4)17-14(16-12)20(5)10-8-6-7-9-11(10)21;2*7-6-4-2-1-3-5-6;3*1-2/h6-9,21H,1-5H3;2*1-5,7H;3*1-2H3. The molecule has 0 atom stereocenters. The third-order valence-corrected chi connectivity index (χ3v) is 4.46. The van der Waals surface area contributed by atoms with E-state index in [-0.39, 0.29) is 5.75 Å². The monoisotopic (exact) mass is 566 g/mol. The van der Waals surface area contributed by atoms with Crippen LogP contribution in [-0.4, -0.2) is 65.5 Å². The number of phenolic OH excluding ortho intramolecular Hbond substituents is 3. The molecule has 9 nitrogen and oxygen atoms in total. The van der Waals surface area contributed by atoms with Crippen LogP contribution < -0.4 is 14.7 Å². The van der Waals surface area contributed by atoms with Crippen molar-refractivity contribution in [2.24, 2.45) is 0 Å². The minimum Gasteiger partial charge on any atom is -0.508 e. The van der Waals surface area contributed by atoms with E-state index in [0.717, 1.165) is 0 Å². The van der Waals surface area contributed by atoms with E-state index in [4.69, 9.17) is 10.2 Å². The number of hydrogen-bond donors (Lipinski definition) is 3. The summed E-state index contributed by atoms with van der Waals surface area (Å²) in [6.07, 6.45) is 0. The fraction of sp³-hybridized carbons (Fsp3) is 0.344. The van der Waals surface area contributed by atoms with Gasteiger partial charge < -0.3 is 30.0 Å². The summed E-state index contributed by atoms with van der Waals surface area (Å²) in [6.45, 7) is 12.0. The molecule has 0 amide bonds. The summed E-state index contributed by atoms with van der Waals surface area (Å²) >= 11 is 0. The van der Waals surface area contributed by atoms with Gasteiger partial charge in [-0.3, -0.25) is 0 Å². The van der Waals surface area contributed by atoms with Crippen molar-refractivity contribution in [2.75, 3.05) is 49.9 Å². The van der Waals surface area contributed by atoms with E-state index in [9.17, 15) is 5.11 Å². The minimum absolute atomic E-state index is 0.179. The molecule has 0 aliphatic carbocycles. The van der Waals surface area contributed by atoms with Crippen LogP contribution in [0.3, 0.4) is 0 Å². The second-order valence-electron chi connectivity index (χ2n) is 7.74. The highest BCUT2D eigenvalue weighted by Gasteiger charge is 2.15. The van der Waals surface area contributed by atoms with E-state index < -0.39 is 0 Å². The van der Waals surface area contributed by atoms with Crippen LogP contribution in [0.4, 0.5) is 23.5 Å². The smallest absolute Gasteiger partial charge is 0.236 e. The summed E-state index contributed by atoms with van der Waals surface area (Å²) in [7, 11) is 9.30. The molecule has 4 aromatic rings. The van der Waals surface area contributed by atoms with Crippen molar-refractivity contribution in [3.8, 4) is 17.2 Å². The number of aromatic hydroxyl groups is 3. The lowest BCUT2D eigenvalue weighted by molar-refractivity contribution is 0.475. The second kappa shape index (κ2) is 23.4. The van der Waals surface area contributed by atoms with Crippen LogP contribution in [0.5, 0.6) is 17.2 Å². The maximum Gasteiger partial charge on any atom is 0.236 e. The Bertz CT molecular complexity index is 1100. The molecule has 0 unspecified atom stereocenters. The first-order valence-corrected chi connectivity index (χ1v) is 13.8. The molecule has 4 rings (SSSR count).